The van der Waals surface area contributed by atoms with Gasteiger partial charge in [-0.1, -0.05) is 231 Å². The van der Waals surface area contributed by atoms with E-state index in [0.29, 0.717) is 5.84 Å². The summed E-state index contributed by atoms with van der Waals surface area (Å²) in [4.78, 5) is 12.5. The van der Waals surface area contributed by atoms with Crippen molar-refractivity contribution in [1.29, 1.82) is 0 Å². The van der Waals surface area contributed by atoms with Crippen LogP contribution in [-0.2, 0) is 5.41 Å². The molecule has 1 heterocycles. The number of aliphatic imine (C=N–C) groups is 2. The van der Waals surface area contributed by atoms with Gasteiger partial charge in [-0.25, -0.2) is 9.98 Å². The molecule has 1 aliphatic heterocycles. The SMILES string of the molecule is NC(/N=C(\N=C\c1ccc(-c2ccccc2)cc1)c1cccc(-c2cccc(-c3cccc(-c4ccc5c(c4)C4(c6ccccc6-5)c5ccccc5N(c5ccccc5)c5ccccc54)c3)c2)c1)c1ccccc1. The van der Waals surface area contributed by atoms with E-state index in [1.165, 1.54) is 55.9 Å². The maximum absolute atomic E-state index is 6.76. The summed E-state index contributed by atoms with van der Waals surface area (Å²) < 4.78 is 0. The van der Waals surface area contributed by atoms with Crippen LogP contribution in [0.2, 0.25) is 0 Å². The molecule has 1 spiro atoms. The summed E-state index contributed by atoms with van der Waals surface area (Å²) >= 11 is 0. The van der Waals surface area contributed by atoms with Gasteiger partial charge in [0.1, 0.15) is 6.17 Å². The molecule has 2 N–H and O–H groups in total. The molecule has 0 bridgehead atoms. The fraction of sp³-hybridized carbons (Fsp3) is 0.0286. The van der Waals surface area contributed by atoms with Crippen molar-refractivity contribution in [3.05, 3.63) is 318 Å². The van der Waals surface area contributed by atoms with Gasteiger partial charge in [-0.2, -0.15) is 0 Å². The summed E-state index contributed by atoms with van der Waals surface area (Å²) in [5.41, 5.74) is 29.3. The lowest BCUT2D eigenvalue weighted by Gasteiger charge is -2.45. The van der Waals surface area contributed by atoms with Crippen molar-refractivity contribution < 1.29 is 0 Å². The number of benzene rings is 11. The van der Waals surface area contributed by atoms with E-state index >= 15 is 0 Å². The molecular formula is C70H50N4. The molecule has 0 saturated heterocycles. The highest BCUT2D eigenvalue weighted by molar-refractivity contribution is 6.06. The van der Waals surface area contributed by atoms with E-state index in [9.17, 15) is 0 Å². The molecule has 74 heavy (non-hydrogen) atoms. The van der Waals surface area contributed by atoms with Gasteiger partial charge in [0.05, 0.1) is 16.8 Å². The summed E-state index contributed by atoms with van der Waals surface area (Å²) in [7, 11) is 0. The molecule has 4 nitrogen and oxygen atoms in total. The molecule has 2 aliphatic rings. The molecule has 13 rings (SSSR count). The fourth-order valence-electron chi connectivity index (χ4n) is 11.3. The normalized spacial score (nSPS) is 13.5. The van der Waals surface area contributed by atoms with Crippen LogP contribution >= 0.6 is 0 Å². The minimum atomic E-state index is -0.589. The average Bonchev–Trinajstić information content (AvgIpc) is 3.94. The first-order valence-electron chi connectivity index (χ1n) is 25.3. The minimum absolute atomic E-state index is 0.530. The quantitative estimate of drug-likeness (QED) is 0.116. The van der Waals surface area contributed by atoms with Crippen molar-refractivity contribution in [2.24, 2.45) is 15.7 Å². The Morgan fingerprint density at radius 3 is 1.47 bits per heavy atom. The first-order valence-corrected chi connectivity index (χ1v) is 25.3. The fourth-order valence-corrected chi connectivity index (χ4v) is 11.3. The summed E-state index contributed by atoms with van der Waals surface area (Å²) in [5.74, 6) is 0.562. The first-order chi connectivity index (χ1) is 36.6. The largest absolute Gasteiger partial charge is 0.310 e. The molecule has 0 aromatic heterocycles. The third-order valence-electron chi connectivity index (χ3n) is 14.8. The van der Waals surface area contributed by atoms with Gasteiger partial charge in [-0.05, 0) is 138 Å². The van der Waals surface area contributed by atoms with Crippen LogP contribution < -0.4 is 10.6 Å². The lowest BCUT2D eigenvalue weighted by atomic mass is 9.64. The van der Waals surface area contributed by atoms with Crippen LogP contribution in [0.3, 0.4) is 0 Å². The van der Waals surface area contributed by atoms with Crippen LogP contribution in [0.25, 0.3) is 55.6 Å². The predicted octanol–water partition coefficient (Wildman–Crippen LogP) is 17.0. The van der Waals surface area contributed by atoms with E-state index in [-0.39, 0.29) is 0 Å². The van der Waals surface area contributed by atoms with Crippen LogP contribution in [-0.4, -0.2) is 12.1 Å². The highest BCUT2D eigenvalue weighted by atomic mass is 15.2. The number of hydrogen-bond donors (Lipinski definition) is 1. The van der Waals surface area contributed by atoms with Crippen molar-refractivity contribution in [2.45, 2.75) is 11.6 Å². The minimum Gasteiger partial charge on any atom is -0.310 e. The summed E-state index contributed by atoms with van der Waals surface area (Å²) in [6, 6.07) is 99.9. The van der Waals surface area contributed by atoms with Gasteiger partial charge >= 0.3 is 0 Å². The molecule has 11 aromatic rings. The molecule has 1 aliphatic carbocycles. The standard InChI is InChI=1S/C70H50N4/c71-68(51-21-6-2-7-22-51)73-69(72-47-48-37-39-50(40-38-48)49-19-4-1-5-20-49)58-28-18-27-56(45-58)54-25-16-23-52(43-54)53-24-17-26-55(44-53)57-41-42-61-60-31-10-11-32-62(60)70(65(61)46-57)63-33-12-14-35-66(63)74(59-29-8-3-9-30-59)67-36-15-13-34-64(67)70/h1-47,68H,71H2/b72-47+,73-69-. The van der Waals surface area contributed by atoms with Crippen molar-refractivity contribution in [3.8, 4) is 55.6 Å². The zero-order valence-corrected chi connectivity index (χ0v) is 40.6. The average molecular weight is 947 g/mol. The Morgan fingerprint density at radius 1 is 0.378 bits per heavy atom. The van der Waals surface area contributed by atoms with E-state index in [4.69, 9.17) is 15.7 Å². The molecular weight excluding hydrogens is 897 g/mol. The predicted molar refractivity (Wildman–Crippen MR) is 308 cm³/mol. The highest BCUT2D eigenvalue weighted by Crippen LogP contribution is 2.63. The Labute approximate surface area is 432 Å². The van der Waals surface area contributed by atoms with Gasteiger partial charge in [0.25, 0.3) is 0 Å². The smallest absolute Gasteiger partial charge is 0.156 e. The molecule has 0 amide bonds. The van der Waals surface area contributed by atoms with Gasteiger partial charge in [-0.15, -0.1) is 0 Å². The van der Waals surface area contributed by atoms with Crippen LogP contribution in [0.5, 0.6) is 0 Å². The lowest BCUT2D eigenvalue weighted by Crippen LogP contribution is -2.36. The van der Waals surface area contributed by atoms with Gasteiger partial charge in [-0.3, -0.25) is 0 Å². The van der Waals surface area contributed by atoms with Gasteiger partial charge in [0, 0.05) is 17.5 Å². The molecule has 0 saturated carbocycles. The molecule has 4 heteroatoms. The third kappa shape index (κ3) is 7.86. The Hall–Kier alpha value is -9.48. The molecule has 1 atom stereocenters. The van der Waals surface area contributed by atoms with E-state index in [1.54, 1.807) is 0 Å². The molecule has 350 valence electrons. The molecule has 1 unspecified atom stereocenters. The summed E-state index contributed by atoms with van der Waals surface area (Å²) in [5, 5.41) is 0. The Morgan fingerprint density at radius 2 is 0.838 bits per heavy atom. The Bertz CT molecular complexity index is 3870. The number of para-hydroxylation sites is 3. The number of amidine groups is 1. The van der Waals surface area contributed by atoms with Crippen LogP contribution in [0.15, 0.2) is 289 Å². The molecule has 0 fully saturated rings. The number of rotatable bonds is 9. The second-order valence-corrected chi connectivity index (χ2v) is 19.1. The van der Waals surface area contributed by atoms with Crippen LogP contribution in [0.4, 0.5) is 17.1 Å². The van der Waals surface area contributed by atoms with E-state index in [0.717, 1.165) is 55.8 Å². The maximum Gasteiger partial charge on any atom is 0.156 e. The molecule has 0 radical (unpaired) electrons. The van der Waals surface area contributed by atoms with Crippen LogP contribution in [0, 0.1) is 0 Å². The lowest BCUT2D eigenvalue weighted by molar-refractivity contribution is 0.753. The number of fused-ring (bicyclic) bond motifs is 9. The monoisotopic (exact) mass is 946 g/mol. The van der Waals surface area contributed by atoms with Crippen molar-refractivity contribution in [3.63, 3.8) is 0 Å². The first kappa shape index (κ1) is 44.5. The maximum atomic E-state index is 6.76. The van der Waals surface area contributed by atoms with E-state index in [2.05, 4.69) is 248 Å². The number of nitrogens with two attached hydrogens (primary N) is 1. The van der Waals surface area contributed by atoms with Gasteiger partial charge in [0.2, 0.25) is 0 Å². The second-order valence-electron chi connectivity index (χ2n) is 19.1. The van der Waals surface area contributed by atoms with Gasteiger partial charge in [0.15, 0.2) is 5.84 Å². The second kappa shape index (κ2) is 18.9. The van der Waals surface area contributed by atoms with Crippen molar-refractivity contribution in [1.82, 2.24) is 0 Å². The van der Waals surface area contributed by atoms with E-state index < -0.39 is 11.6 Å². The number of hydrogen-bond acceptors (Lipinski definition) is 3. The summed E-state index contributed by atoms with van der Waals surface area (Å²) in [6.45, 7) is 0. The van der Waals surface area contributed by atoms with Gasteiger partial charge < -0.3 is 10.6 Å². The van der Waals surface area contributed by atoms with Crippen molar-refractivity contribution >= 4 is 29.1 Å². The highest BCUT2D eigenvalue weighted by Gasteiger charge is 2.51. The summed E-state index contributed by atoms with van der Waals surface area (Å²) in [6.07, 6.45) is 1.28. The Balaban J connectivity index is 0.857. The Kier molecular flexibility index (Phi) is 11.4. The number of nitrogens with zero attached hydrogens (tertiary/aromatic N) is 3. The topological polar surface area (TPSA) is 54.0 Å². The third-order valence-corrected chi connectivity index (χ3v) is 14.8. The zero-order valence-electron chi connectivity index (χ0n) is 40.6. The van der Waals surface area contributed by atoms with E-state index in [1.807, 2.05) is 42.6 Å². The molecule has 11 aromatic carbocycles. The zero-order chi connectivity index (χ0) is 49.4. The number of anilines is 3. The van der Waals surface area contributed by atoms with Crippen molar-refractivity contribution in [2.75, 3.05) is 4.90 Å². The van der Waals surface area contributed by atoms with Crippen LogP contribution in [0.1, 0.15) is 45.1 Å².